The number of hydrogen-bond acceptors (Lipinski definition) is 4. The van der Waals surface area contributed by atoms with Crippen molar-refractivity contribution in [3.63, 3.8) is 0 Å². The van der Waals surface area contributed by atoms with Gasteiger partial charge in [-0.2, -0.15) is 0 Å². The fourth-order valence-corrected chi connectivity index (χ4v) is 1.55. The average molecular weight is 209 g/mol. The topological polar surface area (TPSA) is 64.7 Å². The van der Waals surface area contributed by atoms with Gasteiger partial charge < -0.3 is 20.3 Å². The van der Waals surface area contributed by atoms with E-state index in [0.717, 1.165) is 11.3 Å². The molecule has 0 bridgehead atoms. The van der Waals surface area contributed by atoms with Gasteiger partial charge in [-0.15, -0.1) is 0 Å². The van der Waals surface area contributed by atoms with E-state index in [-0.39, 0.29) is 6.04 Å². The summed E-state index contributed by atoms with van der Waals surface area (Å²) >= 11 is 0. The van der Waals surface area contributed by atoms with Crippen LogP contribution in [-0.4, -0.2) is 24.4 Å². The van der Waals surface area contributed by atoms with Gasteiger partial charge >= 0.3 is 0 Å². The summed E-state index contributed by atoms with van der Waals surface area (Å²) in [6, 6.07) is 5.09. The average Bonchev–Trinajstić information content (AvgIpc) is 2.27. The van der Waals surface area contributed by atoms with Gasteiger partial charge in [0.05, 0.1) is 6.10 Å². The Balaban J connectivity index is 2.27. The lowest BCUT2D eigenvalue weighted by Crippen LogP contribution is -2.24. The minimum atomic E-state index is -0.666. The number of nitrogens with two attached hydrogens (primary N) is 1. The van der Waals surface area contributed by atoms with E-state index in [0.29, 0.717) is 19.0 Å². The van der Waals surface area contributed by atoms with Gasteiger partial charge in [0.25, 0.3) is 0 Å². The van der Waals surface area contributed by atoms with Crippen LogP contribution in [0.25, 0.3) is 0 Å². The molecule has 4 heteroatoms. The Morgan fingerprint density at radius 2 is 1.93 bits per heavy atom. The predicted molar refractivity (Wildman–Crippen MR) is 56.0 cm³/mol. The van der Waals surface area contributed by atoms with Crippen molar-refractivity contribution in [1.82, 2.24) is 0 Å². The Morgan fingerprint density at radius 1 is 1.27 bits per heavy atom. The second-order valence-electron chi connectivity index (χ2n) is 3.71. The molecule has 3 N–H and O–H groups in total. The number of hydrogen-bond donors (Lipinski definition) is 2. The van der Waals surface area contributed by atoms with Crippen LogP contribution in [0.15, 0.2) is 18.2 Å². The number of rotatable bonds is 2. The van der Waals surface area contributed by atoms with Crippen LogP contribution in [0.4, 0.5) is 0 Å². The Kier molecular flexibility index (Phi) is 2.79. The first-order valence-electron chi connectivity index (χ1n) is 5.01. The first-order valence-corrected chi connectivity index (χ1v) is 5.01. The number of ether oxygens (including phenoxy) is 2. The molecule has 1 heterocycles. The van der Waals surface area contributed by atoms with Gasteiger partial charge in [0.2, 0.25) is 0 Å². The quantitative estimate of drug-likeness (QED) is 0.757. The molecule has 82 valence electrons. The second kappa shape index (κ2) is 4.08. The zero-order valence-electron chi connectivity index (χ0n) is 8.64. The Bertz CT molecular complexity index is 352. The third kappa shape index (κ3) is 2.06. The van der Waals surface area contributed by atoms with Crippen LogP contribution in [0.2, 0.25) is 0 Å². The molecular weight excluding hydrogens is 194 g/mol. The fraction of sp³-hybridized carbons (Fsp3) is 0.455. The van der Waals surface area contributed by atoms with Gasteiger partial charge in [0, 0.05) is 6.04 Å². The largest absolute Gasteiger partial charge is 0.486 e. The molecular formula is C11H15NO3. The third-order valence-electron chi connectivity index (χ3n) is 2.41. The lowest BCUT2D eigenvalue weighted by Gasteiger charge is -2.21. The molecule has 0 fully saturated rings. The summed E-state index contributed by atoms with van der Waals surface area (Å²) in [7, 11) is 0. The van der Waals surface area contributed by atoms with Gasteiger partial charge in [-0.1, -0.05) is 6.07 Å². The molecule has 0 unspecified atom stereocenters. The standard InChI is InChI=1S/C11H15NO3/c1-7(12)11(13)8-2-3-9-10(6-8)15-5-4-14-9/h2-3,6-7,11,13H,4-5,12H2,1H3/t7-,11+/m1/s1. The zero-order valence-corrected chi connectivity index (χ0v) is 8.64. The SMILES string of the molecule is C[C@@H](N)[C@H](O)c1ccc2c(c1)OCCO2. The highest BCUT2D eigenvalue weighted by molar-refractivity contribution is 5.44. The first-order chi connectivity index (χ1) is 7.18. The molecule has 1 aliphatic heterocycles. The normalized spacial score (nSPS) is 18.3. The van der Waals surface area contributed by atoms with Crippen molar-refractivity contribution in [3.05, 3.63) is 23.8 Å². The summed E-state index contributed by atoms with van der Waals surface area (Å²) in [4.78, 5) is 0. The van der Waals surface area contributed by atoms with E-state index in [1.165, 1.54) is 0 Å². The van der Waals surface area contributed by atoms with Gasteiger partial charge in [0.1, 0.15) is 13.2 Å². The molecule has 0 radical (unpaired) electrons. The minimum absolute atomic E-state index is 0.299. The van der Waals surface area contributed by atoms with E-state index in [9.17, 15) is 5.11 Å². The minimum Gasteiger partial charge on any atom is -0.486 e. The highest BCUT2D eigenvalue weighted by Crippen LogP contribution is 2.32. The molecule has 4 nitrogen and oxygen atoms in total. The molecule has 1 aromatic rings. The first kappa shape index (κ1) is 10.3. The fourth-order valence-electron chi connectivity index (χ4n) is 1.55. The van der Waals surface area contributed by atoms with Gasteiger partial charge in [-0.05, 0) is 24.6 Å². The molecule has 2 atom stereocenters. The van der Waals surface area contributed by atoms with Gasteiger partial charge in [-0.3, -0.25) is 0 Å². The van der Waals surface area contributed by atoms with E-state index in [1.54, 1.807) is 19.1 Å². The Morgan fingerprint density at radius 3 is 2.60 bits per heavy atom. The van der Waals surface area contributed by atoms with Crippen LogP contribution < -0.4 is 15.2 Å². The van der Waals surface area contributed by atoms with Crippen LogP contribution in [0.1, 0.15) is 18.6 Å². The van der Waals surface area contributed by atoms with E-state index in [1.807, 2.05) is 6.07 Å². The van der Waals surface area contributed by atoms with Crippen molar-refractivity contribution in [1.29, 1.82) is 0 Å². The summed E-state index contributed by atoms with van der Waals surface area (Å²) in [6.45, 7) is 2.88. The Hall–Kier alpha value is -1.26. The van der Waals surface area contributed by atoms with Crippen molar-refractivity contribution in [2.45, 2.75) is 19.1 Å². The van der Waals surface area contributed by atoms with Crippen LogP contribution >= 0.6 is 0 Å². The summed E-state index contributed by atoms with van der Waals surface area (Å²) < 4.78 is 10.8. The van der Waals surface area contributed by atoms with Crippen molar-refractivity contribution in [3.8, 4) is 11.5 Å². The highest BCUT2D eigenvalue weighted by Gasteiger charge is 2.17. The van der Waals surface area contributed by atoms with Crippen molar-refractivity contribution >= 4 is 0 Å². The maximum Gasteiger partial charge on any atom is 0.161 e. The maximum atomic E-state index is 9.78. The third-order valence-corrected chi connectivity index (χ3v) is 2.41. The smallest absolute Gasteiger partial charge is 0.161 e. The summed E-state index contributed by atoms with van der Waals surface area (Å²) in [5.41, 5.74) is 6.38. The molecule has 1 aromatic carbocycles. The monoisotopic (exact) mass is 209 g/mol. The summed E-state index contributed by atoms with van der Waals surface area (Å²) in [6.07, 6.45) is -0.666. The van der Waals surface area contributed by atoms with E-state index < -0.39 is 6.10 Å². The van der Waals surface area contributed by atoms with Crippen LogP contribution in [0.5, 0.6) is 11.5 Å². The maximum absolute atomic E-state index is 9.78. The van der Waals surface area contributed by atoms with Crippen LogP contribution in [-0.2, 0) is 0 Å². The lowest BCUT2D eigenvalue weighted by atomic mass is 10.0. The highest BCUT2D eigenvalue weighted by atomic mass is 16.6. The molecule has 15 heavy (non-hydrogen) atoms. The molecule has 0 aliphatic carbocycles. The number of fused-ring (bicyclic) bond motifs is 1. The van der Waals surface area contributed by atoms with E-state index in [4.69, 9.17) is 15.2 Å². The molecule has 2 rings (SSSR count). The lowest BCUT2D eigenvalue weighted by molar-refractivity contribution is 0.149. The number of aliphatic hydroxyl groups is 1. The van der Waals surface area contributed by atoms with Crippen LogP contribution in [0, 0.1) is 0 Å². The van der Waals surface area contributed by atoms with Gasteiger partial charge in [0.15, 0.2) is 11.5 Å². The van der Waals surface area contributed by atoms with Crippen LogP contribution in [0.3, 0.4) is 0 Å². The number of aliphatic hydroxyl groups excluding tert-OH is 1. The predicted octanol–water partition coefficient (Wildman–Crippen LogP) is 0.838. The molecule has 0 spiro atoms. The van der Waals surface area contributed by atoms with E-state index >= 15 is 0 Å². The molecule has 0 aromatic heterocycles. The van der Waals surface area contributed by atoms with Gasteiger partial charge in [-0.25, -0.2) is 0 Å². The molecule has 1 aliphatic rings. The number of benzene rings is 1. The van der Waals surface area contributed by atoms with E-state index in [2.05, 4.69) is 0 Å². The second-order valence-corrected chi connectivity index (χ2v) is 3.71. The van der Waals surface area contributed by atoms with Crippen molar-refractivity contribution < 1.29 is 14.6 Å². The molecule has 0 saturated carbocycles. The molecule has 0 amide bonds. The zero-order chi connectivity index (χ0) is 10.8. The van der Waals surface area contributed by atoms with Crippen molar-refractivity contribution in [2.24, 2.45) is 5.73 Å². The summed E-state index contributed by atoms with van der Waals surface area (Å²) in [5.74, 6) is 1.40. The van der Waals surface area contributed by atoms with Crippen molar-refractivity contribution in [2.75, 3.05) is 13.2 Å². The Labute approximate surface area is 88.6 Å². The summed E-state index contributed by atoms with van der Waals surface area (Å²) in [5, 5.41) is 9.78. The molecule has 0 saturated heterocycles.